The molecule has 0 spiro atoms. The molecule has 0 aromatic heterocycles. The number of nitrogens with two attached hydrogens (primary N) is 1. The van der Waals surface area contributed by atoms with Crippen molar-refractivity contribution in [3.63, 3.8) is 0 Å². The van der Waals surface area contributed by atoms with Gasteiger partial charge in [0, 0.05) is 6.04 Å². The van der Waals surface area contributed by atoms with Crippen LogP contribution in [0.5, 0.6) is 0 Å². The summed E-state index contributed by atoms with van der Waals surface area (Å²) in [5, 5.41) is 3.50. The quantitative estimate of drug-likeness (QED) is 0.636. The Kier molecular flexibility index (Phi) is 4.27. The van der Waals surface area contributed by atoms with Crippen molar-refractivity contribution in [3.05, 3.63) is 0 Å². The highest BCUT2D eigenvalue weighted by Gasteiger charge is 2.26. The van der Waals surface area contributed by atoms with Crippen molar-refractivity contribution < 1.29 is 0 Å². The van der Waals surface area contributed by atoms with Crippen LogP contribution in [0.1, 0.15) is 32.6 Å². The maximum Gasteiger partial charge on any atom is 0.0686 e. The second kappa shape index (κ2) is 5.26. The third-order valence-electron chi connectivity index (χ3n) is 2.99. The fourth-order valence-electron chi connectivity index (χ4n) is 2.08. The van der Waals surface area contributed by atoms with Crippen molar-refractivity contribution in [1.29, 1.82) is 0 Å². The van der Waals surface area contributed by atoms with Crippen molar-refractivity contribution in [3.8, 4) is 12.3 Å². The maximum absolute atomic E-state index is 5.69. The summed E-state index contributed by atoms with van der Waals surface area (Å²) in [6.07, 6.45) is 10.2. The zero-order valence-corrected chi connectivity index (χ0v) is 8.42. The third-order valence-corrected chi connectivity index (χ3v) is 2.99. The summed E-state index contributed by atoms with van der Waals surface area (Å²) in [4.78, 5) is 0. The molecule has 0 saturated heterocycles. The van der Waals surface area contributed by atoms with E-state index in [0.717, 1.165) is 13.0 Å². The molecule has 74 valence electrons. The Morgan fingerprint density at radius 3 is 2.92 bits per heavy atom. The van der Waals surface area contributed by atoms with Gasteiger partial charge in [-0.05, 0) is 31.7 Å². The van der Waals surface area contributed by atoms with Crippen LogP contribution in [0.4, 0.5) is 0 Å². The van der Waals surface area contributed by atoms with Gasteiger partial charge in [0.2, 0.25) is 0 Å². The summed E-state index contributed by atoms with van der Waals surface area (Å²) >= 11 is 0. The SMILES string of the molecule is C#CC(CC)NC1CCCC1CN. The van der Waals surface area contributed by atoms with E-state index >= 15 is 0 Å². The molecule has 3 unspecified atom stereocenters. The van der Waals surface area contributed by atoms with Crippen LogP contribution in [0.2, 0.25) is 0 Å². The van der Waals surface area contributed by atoms with Crippen LogP contribution < -0.4 is 11.1 Å². The smallest absolute Gasteiger partial charge is 0.0686 e. The normalized spacial score (nSPS) is 29.9. The molecule has 2 heteroatoms. The van der Waals surface area contributed by atoms with E-state index in [9.17, 15) is 0 Å². The van der Waals surface area contributed by atoms with Crippen molar-refractivity contribution in [1.82, 2.24) is 5.32 Å². The van der Waals surface area contributed by atoms with Crippen LogP contribution in [0.25, 0.3) is 0 Å². The minimum Gasteiger partial charge on any atom is -0.330 e. The van der Waals surface area contributed by atoms with E-state index in [1.165, 1.54) is 19.3 Å². The summed E-state index contributed by atoms with van der Waals surface area (Å²) in [5.74, 6) is 3.41. The Hall–Kier alpha value is -0.520. The van der Waals surface area contributed by atoms with Crippen molar-refractivity contribution in [2.45, 2.75) is 44.7 Å². The van der Waals surface area contributed by atoms with Crippen LogP contribution in [-0.2, 0) is 0 Å². The van der Waals surface area contributed by atoms with Gasteiger partial charge in [0.05, 0.1) is 6.04 Å². The number of terminal acetylenes is 1. The van der Waals surface area contributed by atoms with Crippen molar-refractivity contribution in [2.75, 3.05) is 6.54 Å². The van der Waals surface area contributed by atoms with Crippen LogP contribution >= 0.6 is 0 Å². The molecule has 0 aliphatic heterocycles. The Bertz CT molecular complexity index is 183. The third kappa shape index (κ3) is 2.72. The molecule has 0 aromatic rings. The van der Waals surface area contributed by atoms with Crippen LogP contribution in [0.15, 0.2) is 0 Å². The molecule has 3 N–H and O–H groups in total. The number of rotatable bonds is 4. The summed E-state index contributed by atoms with van der Waals surface area (Å²) < 4.78 is 0. The lowest BCUT2D eigenvalue weighted by molar-refractivity contribution is 0.384. The topological polar surface area (TPSA) is 38.0 Å². The van der Waals surface area contributed by atoms with E-state index in [0.29, 0.717) is 12.0 Å². The fourth-order valence-corrected chi connectivity index (χ4v) is 2.08. The molecule has 1 rings (SSSR count). The number of nitrogens with one attached hydrogen (secondary N) is 1. The van der Waals surface area contributed by atoms with Crippen LogP contribution in [0.3, 0.4) is 0 Å². The first kappa shape index (κ1) is 10.6. The van der Waals surface area contributed by atoms with Gasteiger partial charge in [-0.15, -0.1) is 6.42 Å². The van der Waals surface area contributed by atoms with Crippen LogP contribution in [-0.4, -0.2) is 18.6 Å². The first-order valence-corrected chi connectivity index (χ1v) is 5.24. The molecular formula is C11H20N2. The Morgan fingerprint density at radius 2 is 2.38 bits per heavy atom. The molecule has 13 heavy (non-hydrogen) atoms. The van der Waals surface area contributed by atoms with Crippen LogP contribution in [0, 0.1) is 18.3 Å². The van der Waals surface area contributed by atoms with Crippen molar-refractivity contribution >= 4 is 0 Å². The first-order chi connectivity index (χ1) is 6.31. The monoisotopic (exact) mass is 180 g/mol. The zero-order valence-electron chi connectivity index (χ0n) is 8.42. The Labute approximate surface area is 81.3 Å². The molecular weight excluding hydrogens is 160 g/mol. The average molecular weight is 180 g/mol. The zero-order chi connectivity index (χ0) is 9.68. The molecule has 1 aliphatic carbocycles. The largest absolute Gasteiger partial charge is 0.330 e. The molecule has 0 radical (unpaired) electrons. The molecule has 1 saturated carbocycles. The highest BCUT2D eigenvalue weighted by atomic mass is 15.0. The summed E-state index contributed by atoms with van der Waals surface area (Å²) in [5.41, 5.74) is 5.69. The van der Waals surface area contributed by atoms with Gasteiger partial charge in [0.25, 0.3) is 0 Å². The van der Waals surface area contributed by atoms with Gasteiger partial charge in [0.1, 0.15) is 0 Å². The highest BCUT2D eigenvalue weighted by Crippen LogP contribution is 2.24. The van der Waals surface area contributed by atoms with Crippen molar-refractivity contribution in [2.24, 2.45) is 11.7 Å². The lowest BCUT2D eigenvalue weighted by Gasteiger charge is -2.22. The maximum atomic E-state index is 5.69. The predicted octanol–water partition coefficient (Wildman–Crippen LogP) is 1.12. The molecule has 1 aliphatic rings. The Balaban J connectivity index is 2.39. The van der Waals surface area contributed by atoms with E-state index in [1.807, 2.05) is 0 Å². The summed E-state index contributed by atoms with van der Waals surface area (Å²) in [6.45, 7) is 2.91. The fraction of sp³-hybridized carbons (Fsp3) is 0.818. The standard InChI is InChI=1S/C11H20N2/c1-3-10(4-2)13-11-7-5-6-9(11)8-12/h1,9-11,13H,4-8,12H2,2H3. The first-order valence-electron chi connectivity index (χ1n) is 5.24. The average Bonchev–Trinajstić information content (AvgIpc) is 2.61. The number of hydrogen-bond donors (Lipinski definition) is 2. The molecule has 2 nitrogen and oxygen atoms in total. The second-order valence-electron chi connectivity index (χ2n) is 3.83. The van der Waals surface area contributed by atoms with E-state index in [4.69, 9.17) is 12.2 Å². The summed E-state index contributed by atoms with van der Waals surface area (Å²) in [6, 6.07) is 0.795. The molecule has 1 fully saturated rings. The number of hydrogen-bond acceptors (Lipinski definition) is 2. The minimum absolute atomic E-state index is 0.233. The predicted molar refractivity (Wildman–Crippen MR) is 56.2 cm³/mol. The van der Waals surface area contributed by atoms with Gasteiger partial charge >= 0.3 is 0 Å². The van der Waals surface area contributed by atoms with Gasteiger partial charge in [-0.3, -0.25) is 0 Å². The molecule has 0 amide bonds. The molecule has 3 atom stereocenters. The summed E-state index contributed by atoms with van der Waals surface area (Å²) in [7, 11) is 0. The highest BCUT2D eigenvalue weighted by molar-refractivity contribution is 5.00. The van der Waals surface area contributed by atoms with Gasteiger partial charge in [-0.1, -0.05) is 19.3 Å². The lowest BCUT2D eigenvalue weighted by atomic mass is 10.0. The van der Waals surface area contributed by atoms with Gasteiger partial charge in [-0.25, -0.2) is 0 Å². The minimum atomic E-state index is 0.233. The van der Waals surface area contributed by atoms with E-state index in [1.54, 1.807) is 0 Å². The molecule has 0 bridgehead atoms. The van der Waals surface area contributed by atoms with Gasteiger partial charge < -0.3 is 11.1 Å². The molecule has 0 heterocycles. The van der Waals surface area contributed by atoms with E-state index in [2.05, 4.69) is 18.2 Å². The lowest BCUT2D eigenvalue weighted by Crippen LogP contribution is -2.41. The second-order valence-corrected chi connectivity index (χ2v) is 3.83. The van der Waals surface area contributed by atoms with Gasteiger partial charge in [0.15, 0.2) is 0 Å². The molecule has 0 aromatic carbocycles. The Morgan fingerprint density at radius 1 is 1.62 bits per heavy atom. The van der Waals surface area contributed by atoms with E-state index < -0.39 is 0 Å². The van der Waals surface area contributed by atoms with Gasteiger partial charge in [-0.2, -0.15) is 0 Å². The van der Waals surface area contributed by atoms with E-state index in [-0.39, 0.29) is 6.04 Å².